The number of hydrogen-bond donors (Lipinski definition) is 0. The molecule has 0 saturated carbocycles. The highest BCUT2D eigenvalue weighted by molar-refractivity contribution is 7.98. The molecule has 5 heteroatoms. The van der Waals surface area contributed by atoms with E-state index in [1.807, 2.05) is 24.3 Å². The normalized spacial score (nSPS) is 10.8. The Balaban J connectivity index is 2.03. The van der Waals surface area contributed by atoms with E-state index in [0.29, 0.717) is 16.9 Å². The van der Waals surface area contributed by atoms with Crippen LogP contribution in [0, 0.1) is 16.7 Å². The van der Waals surface area contributed by atoms with Crippen LogP contribution >= 0.6 is 11.8 Å². The third-order valence-electron chi connectivity index (χ3n) is 3.76. The standard InChI is InChI=1S/C21H21NO3S/c1-21(2,3)19(23)13-25-20(24)17-6-4-5-7-18(17)26-14-16-10-8-15(12-22)9-11-16/h4-11H,13-14H2,1-3H3. The molecule has 0 atom stereocenters. The molecule has 0 fully saturated rings. The molecule has 0 unspecified atom stereocenters. The second kappa shape index (κ2) is 8.68. The van der Waals surface area contributed by atoms with E-state index in [9.17, 15) is 9.59 Å². The lowest BCUT2D eigenvalue weighted by atomic mass is 9.91. The van der Waals surface area contributed by atoms with Crippen molar-refractivity contribution in [3.8, 4) is 6.07 Å². The monoisotopic (exact) mass is 367 g/mol. The van der Waals surface area contributed by atoms with E-state index in [0.717, 1.165) is 10.5 Å². The molecule has 2 aromatic rings. The highest BCUT2D eigenvalue weighted by Crippen LogP contribution is 2.27. The van der Waals surface area contributed by atoms with E-state index in [2.05, 4.69) is 6.07 Å². The lowest BCUT2D eigenvalue weighted by Gasteiger charge is -2.16. The molecule has 0 aliphatic heterocycles. The van der Waals surface area contributed by atoms with Gasteiger partial charge in [0.1, 0.15) is 0 Å². The van der Waals surface area contributed by atoms with Crippen LogP contribution < -0.4 is 0 Å². The van der Waals surface area contributed by atoms with Gasteiger partial charge in [0, 0.05) is 16.1 Å². The third-order valence-corrected chi connectivity index (χ3v) is 4.90. The third kappa shape index (κ3) is 5.47. The van der Waals surface area contributed by atoms with Gasteiger partial charge in [-0.3, -0.25) is 4.79 Å². The molecule has 4 nitrogen and oxygen atoms in total. The summed E-state index contributed by atoms with van der Waals surface area (Å²) >= 11 is 1.51. The molecule has 0 aromatic heterocycles. The molecule has 134 valence electrons. The molecule has 0 spiro atoms. The van der Waals surface area contributed by atoms with E-state index in [1.54, 1.807) is 45.0 Å². The van der Waals surface area contributed by atoms with Crippen LogP contribution in [0.3, 0.4) is 0 Å². The number of ketones is 1. The maximum absolute atomic E-state index is 12.4. The van der Waals surface area contributed by atoms with E-state index in [4.69, 9.17) is 10.00 Å². The maximum Gasteiger partial charge on any atom is 0.339 e. The van der Waals surface area contributed by atoms with Gasteiger partial charge >= 0.3 is 5.97 Å². The smallest absolute Gasteiger partial charge is 0.339 e. The van der Waals surface area contributed by atoms with Gasteiger partial charge in [0.15, 0.2) is 12.4 Å². The number of thioether (sulfide) groups is 1. The minimum atomic E-state index is -0.538. The topological polar surface area (TPSA) is 67.2 Å². The molecule has 2 aromatic carbocycles. The van der Waals surface area contributed by atoms with Crippen molar-refractivity contribution in [2.45, 2.75) is 31.4 Å². The molecule has 0 aliphatic rings. The molecule has 0 saturated heterocycles. The summed E-state index contributed by atoms with van der Waals surface area (Å²) in [4.78, 5) is 25.1. The zero-order chi connectivity index (χ0) is 19.2. The van der Waals surface area contributed by atoms with Crippen molar-refractivity contribution in [2.24, 2.45) is 5.41 Å². The summed E-state index contributed by atoms with van der Waals surface area (Å²) in [5, 5.41) is 8.84. The van der Waals surface area contributed by atoms with E-state index in [1.165, 1.54) is 11.8 Å². The Morgan fingerprint density at radius 1 is 1.08 bits per heavy atom. The zero-order valence-electron chi connectivity index (χ0n) is 15.1. The lowest BCUT2D eigenvalue weighted by Crippen LogP contribution is -2.26. The largest absolute Gasteiger partial charge is 0.454 e. The van der Waals surface area contributed by atoms with Crippen molar-refractivity contribution in [3.63, 3.8) is 0 Å². The number of hydrogen-bond acceptors (Lipinski definition) is 5. The summed E-state index contributed by atoms with van der Waals surface area (Å²) in [7, 11) is 0. The molecule has 0 N–H and O–H groups in total. The van der Waals surface area contributed by atoms with Crippen LogP contribution in [0.5, 0.6) is 0 Å². The molecular formula is C21H21NO3S. The van der Waals surface area contributed by atoms with Crippen LogP contribution in [-0.2, 0) is 15.3 Å². The van der Waals surface area contributed by atoms with Crippen LogP contribution in [0.4, 0.5) is 0 Å². The molecule has 0 bridgehead atoms. The van der Waals surface area contributed by atoms with Gasteiger partial charge in [-0.15, -0.1) is 11.8 Å². The van der Waals surface area contributed by atoms with Gasteiger partial charge in [-0.25, -0.2) is 4.79 Å². The highest BCUT2D eigenvalue weighted by atomic mass is 32.2. The molecule has 0 radical (unpaired) electrons. The van der Waals surface area contributed by atoms with Crippen molar-refractivity contribution in [3.05, 3.63) is 65.2 Å². The van der Waals surface area contributed by atoms with Gasteiger partial charge in [-0.1, -0.05) is 45.0 Å². The predicted molar refractivity (Wildman–Crippen MR) is 102 cm³/mol. The number of nitriles is 1. The van der Waals surface area contributed by atoms with Gasteiger partial charge in [-0.2, -0.15) is 5.26 Å². The van der Waals surface area contributed by atoms with E-state index >= 15 is 0 Å². The Labute approximate surface area is 158 Å². The maximum atomic E-state index is 12.4. The Kier molecular flexibility index (Phi) is 6.59. The molecule has 0 aliphatic carbocycles. The van der Waals surface area contributed by atoms with Gasteiger partial charge in [0.05, 0.1) is 17.2 Å². The number of rotatable bonds is 6. The van der Waals surface area contributed by atoms with Gasteiger partial charge < -0.3 is 4.74 Å². The first kappa shape index (κ1) is 19.7. The van der Waals surface area contributed by atoms with Gasteiger partial charge in [0.2, 0.25) is 0 Å². The molecule has 0 amide bonds. The van der Waals surface area contributed by atoms with Crippen LogP contribution in [0.25, 0.3) is 0 Å². The number of benzene rings is 2. The summed E-state index contributed by atoms with van der Waals surface area (Å²) in [5.41, 5.74) is 1.59. The van der Waals surface area contributed by atoms with Crippen molar-refractivity contribution in [2.75, 3.05) is 6.61 Å². The second-order valence-corrected chi connectivity index (χ2v) is 7.86. The first-order chi connectivity index (χ1) is 12.3. The Morgan fingerprint density at radius 3 is 2.35 bits per heavy atom. The van der Waals surface area contributed by atoms with Crippen molar-refractivity contribution in [1.29, 1.82) is 5.26 Å². The first-order valence-electron chi connectivity index (χ1n) is 8.22. The number of ether oxygens (including phenoxy) is 1. The fourth-order valence-corrected chi connectivity index (χ4v) is 3.02. The number of carbonyl (C=O) groups is 2. The SMILES string of the molecule is CC(C)(C)C(=O)COC(=O)c1ccccc1SCc1ccc(C#N)cc1. The summed E-state index contributed by atoms with van der Waals surface area (Å²) < 4.78 is 5.20. The number of esters is 1. The fraction of sp³-hybridized carbons (Fsp3) is 0.286. The molecular weight excluding hydrogens is 346 g/mol. The summed E-state index contributed by atoms with van der Waals surface area (Å²) in [6.45, 7) is 5.16. The van der Waals surface area contributed by atoms with E-state index in [-0.39, 0.29) is 12.4 Å². The number of carbonyl (C=O) groups excluding carboxylic acids is 2. The molecule has 2 rings (SSSR count). The average Bonchev–Trinajstić information content (AvgIpc) is 2.64. The predicted octanol–water partition coefficient (Wildman–Crippen LogP) is 4.62. The van der Waals surface area contributed by atoms with Crippen LogP contribution in [-0.4, -0.2) is 18.4 Å². The van der Waals surface area contributed by atoms with Crippen LogP contribution in [0.15, 0.2) is 53.4 Å². The van der Waals surface area contributed by atoms with Gasteiger partial charge in [-0.05, 0) is 29.8 Å². The highest BCUT2D eigenvalue weighted by Gasteiger charge is 2.23. The minimum Gasteiger partial charge on any atom is -0.454 e. The van der Waals surface area contributed by atoms with E-state index < -0.39 is 11.4 Å². The average molecular weight is 367 g/mol. The summed E-state index contributed by atoms with van der Waals surface area (Å²) in [6.07, 6.45) is 0. The van der Waals surface area contributed by atoms with Crippen molar-refractivity contribution in [1.82, 2.24) is 0 Å². The van der Waals surface area contributed by atoms with Crippen LogP contribution in [0.2, 0.25) is 0 Å². The molecule has 0 heterocycles. The van der Waals surface area contributed by atoms with Gasteiger partial charge in [0.25, 0.3) is 0 Å². The quantitative estimate of drug-likeness (QED) is 0.550. The number of Topliss-reactive ketones (excluding diaryl/α,β-unsaturated/α-hetero) is 1. The first-order valence-corrected chi connectivity index (χ1v) is 9.21. The Hall–Kier alpha value is -2.58. The van der Waals surface area contributed by atoms with Crippen molar-refractivity contribution < 1.29 is 14.3 Å². The van der Waals surface area contributed by atoms with Crippen molar-refractivity contribution >= 4 is 23.5 Å². The molecule has 26 heavy (non-hydrogen) atoms. The number of nitrogens with zero attached hydrogens (tertiary/aromatic N) is 1. The van der Waals surface area contributed by atoms with Crippen LogP contribution in [0.1, 0.15) is 42.3 Å². The Bertz CT molecular complexity index is 830. The minimum absolute atomic E-state index is 0.117. The Morgan fingerprint density at radius 2 is 1.73 bits per heavy atom. The second-order valence-electron chi connectivity index (χ2n) is 6.84. The summed E-state index contributed by atoms with van der Waals surface area (Å²) in [5.74, 6) is 0.0517. The zero-order valence-corrected chi connectivity index (χ0v) is 15.9. The fourth-order valence-electron chi connectivity index (χ4n) is 2.02. The summed E-state index contributed by atoms with van der Waals surface area (Å²) in [6, 6.07) is 16.6. The lowest BCUT2D eigenvalue weighted by molar-refractivity contribution is -0.129.